The molecule has 0 aliphatic heterocycles. The molecule has 0 fully saturated rings. The van der Waals surface area contributed by atoms with Crippen molar-refractivity contribution in [3.63, 3.8) is 0 Å². The molecular formula is C8H19IOSi. The van der Waals surface area contributed by atoms with Gasteiger partial charge in [-0.2, -0.15) is 0 Å². The monoisotopic (exact) mass is 286 g/mol. The summed E-state index contributed by atoms with van der Waals surface area (Å²) in [4.78, 5) is 0. The first-order valence-corrected chi connectivity index (χ1v) is 8.19. The summed E-state index contributed by atoms with van der Waals surface area (Å²) in [6.45, 7) is 8.91. The molecule has 11 heavy (non-hydrogen) atoms. The maximum Gasteiger partial charge on any atom is 0.193 e. The Morgan fingerprint density at radius 2 is 1.55 bits per heavy atom. The fraction of sp³-hybridized carbons (Fsp3) is 1.00. The Kier molecular flexibility index (Phi) is 5.99. The molecule has 0 aromatic heterocycles. The standard InChI is InChI=1S/C8H19IOSi/c1-5-11(6-2,7-3)10-8(4)9/h8H,5-7H2,1-4H3. The van der Waals surface area contributed by atoms with E-state index in [0.29, 0.717) is 4.11 Å². The van der Waals surface area contributed by atoms with Crippen molar-refractivity contribution in [2.24, 2.45) is 0 Å². The second-order valence-corrected chi connectivity index (χ2v) is 9.38. The molecule has 0 amide bonds. The molecule has 0 aromatic rings. The first kappa shape index (κ1) is 11.9. The van der Waals surface area contributed by atoms with Gasteiger partial charge >= 0.3 is 0 Å². The van der Waals surface area contributed by atoms with Crippen molar-refractivity contribution < 1.29 is 4.43 Å². The third-order valence-electron chi connectivity index (χ3n) is 2.35. The zero-order chi connectivity index (χ0) is 8.91. The van der Waals surface area contributed by atoms with E-state index >= 15 is 0 Å². The molecular weight excluding hydrogens is 267 g/mol. The predicted molar refractivity (Wildman–Crippen MR) is 61.8 cm³/mol. The number of rotatable bonds is 5. The number of alkyl halides is 1. The Balaban J connectivity index is 4.05. The van der Waals surface area contributed by atoms with Gasteiger partial charge in [0.25, 0.3) is 0 Å². The first-order chi connectivity index (χ1) is 5.10. The molecule has 0 saturated carbocycles. The van der Waals surface area contributed by atoms with Crippen molar-refractivity contribution in [2.75, 3.05) is 0 Å². The van der Waals surface area contributed by atoms with Crippen molar-refractivity contribution in [3.05, 3.63) is 0 Å². The topological polar surface area (TPSA) is 9.23 Å². The minimum atomic E-state index is -1.29. The molecule has 0 aromatic carbocycles. The fourth-order valence-electron chi connectivity index (χ4n) is 1.34. The highest BCUT2D eigenvalue weighted by Gasteiger charge is 2.29. The van der Waals surface area contributed by atoms with Gasteiger partial charge < -0.3 is 4.43 Å². The maximum absolute atomic E-state index is 6.01. The second kappa shape index (κ2) is 5.53. The van der Waals surface area contributed by atoms with Crippen molar-refractivity contribution in [2.45, 2.75) is 49.9 Å². The van der Waals surface area contributed by atoms with Gasteiger partial charge in [0.05, 0.1) is 4.11 Å². The van der Waals surface area contributed by atoms with Crippen LogP contribution in [0.3, 0.4) is 0 Å². The lowest BCUT2D eigenvalue weighted by Gasteiger charge is -2.29. The molecule has 0 aliphatic rings. The summed E-state index contributed by atoms with van der Waals surface area (Å²) in [6, 6.07) is 3.77. The molecule has 1 nitrogen and oxygen atoms in total. The molecule has 0 bridgehead atoms. The summed E-state index contributed by atoms with van der Waals surface area (Å²) in [6.07, 6.45) is 0. The van der Waals surface area contributed by atoms with Gasteiger partial charge in [-0.3, -0.25) is 0 Å². The van der Waals surface area contributed by atoms with Crippen LogP contribution in [0.1, 0.15) is 27.7 Å². The average Bonchev–Trinajstić information content (AvgIpc) is 2.00. The van der Waals surface area contributed by atoms with Gasteiger partial charge in [-0.25, -0.2) is 0 Å². The molecule has 0 rings (SSSR count). The lowest BCUT2D eigenvalue weighted by atomic mass is 10.9. The van der Waals surface area contributed by atoms with E-state index < -0.39 is 8.32 Å². The second-order valence-electron chi connectivity index (χ2n) is 2.90. The Hall–Kier alpha value is 0.907. The quantitative estimate of drug-likeness (QED) is 0.424. The lowest BCUT2D eigenvalue weighted by molar-refractivity contribution is 0.303. The van der Waals surface area contributed by atoms with Gasteiger partial charge in [0.2, 0.25) is 0 Å². The van der Waals surface area contributed by atoms with E-state index in [9.17, 15) is 0 Å². The minimum absolute atomic E-state index is 0.388. The molecule has 0 heterocycles. The Morgan fingerprint density at radius 3 is 1.64 bits per heavy atom. The maximum atomic E-state index is 6.01. The molecule has 0 aliphatic carbocycles. The molecule has 1 unspecified atom stereocenters. The zero-order valence-corrected chi connectivity index (χ0v) is 11.1. The van der Waals surface area contributed by atoms with Gasteiger partial charge in [0, 0.05) is 0 Å². The molecule has 1 atom stereocenters. The number of hydrogen-bond acceptors (Lipinski definition) is 1. The molecule has 0 radical (unpaired) electrons. The summed E-state index contributed by atoms with van der Waals surface area (Å²) in [5.41, 5.74) is 0. The van der Waals surface area contributed by atoms with Crippen molar-refractivity contribution >= 4 is 30.9 Å². The summed E-state index contributed by atoms with van der Waals surface area (Å²) in [7, 11) is -1.29. The zero-order valence-electron chi connectivity index (χ0n) is 7.98. The Bertz CT molecular complexity index is 94.0. The molecule has 0 N–H and O–H groups in total. The third kappa shape index (κ3) is 3.89. The van der Waals surface area contributed by atoms with E-state index in [1.54, 1.807) is 0 Å². The van der Waals surface area contributed by atoms with Crippen LogP contribution in [0.4, 0.5) is 0 Å². The number of halogens is 1. The summed E-state index contributed by atoms with van der Waals surface area (Å²) < 4.78 is 6.40. The first-order valence-electron chi connectivity index (χ1n) is 4.42. The largest absolute Gasteiger partial charge is 0.406 e. The van der Waals surface area contributed by atoms with Crippen LogP contribution in [0.2, 0.25) is 18.1 Å². The highest BCUT2D eigenvalue weighted by molar-refractivity contribution is 14.1. The molecule has 68 valence electrons. The SMILES string of the molecule is CC[Si](CC)(CC)OC(C)I. The summed E-state index contributed by atoms with van der Waals surface area (Å²) >= 11 is 2.35. The molecule has 0 spiro atoms. The average molecular weight is 286 g/mol. The van der Waals surface area contributed by atoms with E-state index in [1.807, 2.05) is 0 Å². The van der Waals surface area contributed by atoms with Crippen LogP contribution in [0.25, 0.3) is 0 Å². The summed E-state index contributed by atoms with van der Waals surface area (Å²) in [5, 5.41) is 0. The number of hydrogen-bond donors (Lipinski definition) is 0. The lowest BCUT2D eigenvalue weighted by Crippen LogP contribution is -2.37. The van der Waals surface area contributed by atoms with Gasteiger partial charge in [-0.05, 0) is 25.1 Å². The minimum Gasteiger partial charge on any atom is -0.406 e. The Morgan fingerprint density at radius 1 is 1.18 bits per heavy atom. The van der Waals surface area contributed by atoms with Crippen LogP contribution in [0.15, 0.2) is 0 Å². The van der Waals surface area contributed by atoms with E-state index in [0.717, 1.165) is 0 Å². The highest BCUT2D eigenvalue weighted by atomic mass is 127. The Labute approximate surface area is 85.2 Å². The van der Waals surface area contributed by atoms with E-state index in [2.05, 4.69) is 50.3 Å². The van der Waals surface area contributed by atoms with Crippen molar-refractivity contribution in [1.82, 2.24) is 0 Å². The van der Waals surface area contributed by atoms with Crippen LogP contribution >= 0.6 is 22.6 Å². The van der Waals surface area contributed by atoms with Gasteiger partial charge in [-0.15, -0.1) is 0 Å². The normalized spacial score (nSPS) is 15.0. The summed E-state index contributed by atoms with van der Waals surface area (Å²) in [5.74, 6) is 0. The fourth-order valence-corrected chi connectivity index (χ4v) is 5.65. The molecule has 3 heteroatoms. The van der Waals surface area contributed by atoms with Gasteiger partial charge in [0.1, 0.15) is 0 Å². The van der Waals surface area contributed by atoms with Crippen molar-refractivity contribution in [3.8, 4) is 0 Å². The van der Waals surface area contributed by atoms with E-state index in [-0.39, 0.29) is 0 Å². The van der Waals surface area contributed by atoms with E-state index in [1.165, 1.54) is 18.1 Å². The van der Waals surface area contributed by atoms with Gasteiger partial charge in [0.15, 0.2) is 8.32 Å². The van der Waals surface area contributed by atoms with Crippen molar-refractivity contribution in [1.29, 1.82) is 0 Å². The van der Waals surface area contributed by atoms with Crippen LogP contribution in [0, 0.1) is 0 Å². The predicted octanol–water partition coefficient (Wildman–Crippen LogP) is 3.79. The smallest absolute Gasteiger partial charge is 0.193 e. The molecule has 0 saturated heterocycles. The highest BCUT2D eigenvalue weighted by Crippen LogP contribution is 2.24. The van der Waals surface area contributed by atoms with Crippen LogP contribution in [-0.4, -0.2) is 12.4 Å². The van der Waals surface area contributed by atoms with Crippen LogP contribution in [-0.2, 0) is 4.43 Å². The third-order valence-corrected chi connectivity index (χ3v) is 7.80. The van der Waals surface area contributed by atoms with Gasteiger partial charge in [-0.1, -0.05) is 43.4 Å². The van der Waals surface area contributed by atoms with Crippen LogP contribution < -0.4 is 0 Å². The van der Waals surface area contributed by atoms with Crippen LogP contribution in [0.5, 0.6) is 0 Å². The van der Waals surface area contributed by atoms with E-state index in [4.69, 9.17) is 4.43 Å².